The predicted octanol–water partition coefficient (Wildman–Crippen LogP) is -0.294. The molecule has 2 heterocycles. The van der Waals surface area contributed by atoms with Gasteiger partial charge in [-0.2, -0.15) is 0 Å². The predicted molar refractivity (Wildman–Crippen MR) is 68.2 cm³/mol. The highest BCUT2D eigenvalue weighted by molar-refractivity contribution is 6.02. The molecule has 1 aliphatic heterocycles. The Morgan fingerprint density at radius 1 is 1.50 bits per heavy atom. The molecule has 0 aliphatic carbocycles. The molecule has 3 N–H and O–H groups in total. The number of likely N-dealkylation sites (tertiary alicyclic amines) is 1. The molecule has 8 nitrogen and oxygen atoms in total. The Balaban J connectivity index is 2.14. The van der Waals surface area contributed by atoms with Crippen LogP contribution in [0.1, 0.15) is 33.8 Å². The Morgan fingerprint density at radius 3 is 2.90 bits per heavy atom. The zero-order chi connectivity index (χ0) is 14.7. The third kappa shape index (κ3) is 2.63. The molecule has 108 valence electrons. The summed E-state index contributed by atoms with van der Waals surface area (Å²) in [5.74, 6) is -2.06. The summed E-state index contributed by atoms with van der Waals surface area (Å²) in [5, 5.41) is 11.5. The number of hydrogen-bond acceptors (Lipinski definition) is 4. The van der Waals surface area contributed by atoms with Gasteiger partial charge in [0, 0.05) is 20.1 Å². The minimum Gasteiger partial charge on any atom is -0.477 e. The number of aromatic amines is 1. The molecular weight excluding hydrogens is 264 g/mol. The van der Waals surface area contributed by atoms with Gasteiger partial charge < -0.3 is 20.3 Å². The van der Waals surface area contributed by atoms with Crippen LogP contribution in [-0.2, 0) is 4.79 Å². The highest BCUT2D eigenvalue weighted by Gasteiger charge is 2.31. The molecule has 0 spiro atoms. The van der Waals surface area contributed by atoms with Crippen LogP contribution in [0.15, 0.2) is 6.33 Å². The number of aromatic carboxylic acids is 1. The van der Waals surface area contributed by atoms with Gasteiger partial charge in [0.1, 0.15) is 0 Å². The van der Waals surface area contributed by atoms with E-state index in [9.17, 15) is 14.4 Å². The number of piperidine rings is 1. The standard InChI is InChI=1S/C12H16N4O4/c1-13-10(17)7-3-2-4-16(5-7)11(18)8-9(12(19)20)15-6-14-8/h6-7H,2-5H2,1H3,(H,13,17)(H,14,15)(H,19,20). The average Bonchev–Trinajstić information content (AvgIpc) is 2.95. The fourth-order valence-corrected chi connectivity index (χ4v) is 2.35. The summed E-state index contributed by atoms with van der Waals surface area (Å²) in [6.07, 6.45) is 2.60. The lowest BCUT2D eigenvalue weighted by atomic mass is 9.97. The minimum atomic E-state index is -1.23. The molecule has 8 heteroatoms. The minimum absolute atomic E-state index is 0.108. The van der Waals surface area contributed by atoms with Crippen LogP contribution in [0.5, 0.6) is 0 Å². The molecule has 0 radical (unpaired) electrons. The average molecular weight is 280 g/mol. The molecule has 1 unspecified atom stereocenters. The highest BCUT2D eigenvalue weighted by atomic mass is 16.4. The maximum absolute atomic E-state index is 12.3. The third-order valence-corrected chi connectivity index (χ3v) is 3.38. The summed E-state index contributed by atoms with van der Waals surface area (Å²) < 4.78 is 0. The van der Waals surface area contributed by atoms with Crippen LogP contribution < -0.4 is 5.32 Å². The van der Waals surface area contributed by atoms with Crippen molar-refractivity contribution in [2.24, 2.45) is 5.92 Å². The molecule has 1 aromatic rings. The number of carboxylic acid groups (broad SMARTS) is 1. The number of amides is 2. The Hall–Kier alpha value is -2.38. The van der Waals surface area contributed by atoms with E-state index >= 15 is 0 Å². The molecule has 2 amide bonds. The second-order valence-corrected chi connectivity index (χ2v) is 4.64. The number of aromatic nitrogens is 2. The van der Waals surface area contributed by atoms with E-state index in [2.05, 4.69) is 15.3 Å². The van der Waals surface area contributed by atoms with Gasteiger partial charge >= 0.3 is 5.97 Å². The first-order valence-electron chi connectivity index (χ1n) is 6.32. The number of nitrogens with one attached hydrogen (secondary N) is 2. The molecule has 1 saturated heterocycles. The van der Waals surface area contributed by atoms with Crippen molar-refractivity contribution in [2.45, 2.75) is 12.8 Å². The van der Waals surface area contributed by atoms with Crippen LogP contribution in [0, 0.1) is 5.92 Å². The van der Waals surface area contributed by atoms with Crippen LogP contribution in [-0.4, -0.2) is 57.9 Å². The van der Waals surface area contributed by atoms with Crippen molar-refractivity contribution in [3.05, 3.63) is 17.7 Å². The molecule has 1 atom stereocenters. The number of H-pyrrole nitrogens is 1. The number of hydrogen-bond donors (Lipinski definition) is 3. The number of carbonyl (C=O) groups is 3. The molecule has 1 aromatic heterocycles. The first kappa shape index (κ1) is 14.0. The van der Waals surface area contributed by atoms with Crippen LogP contribution in [0.4, 0.5) is 0 Å². The van der Waals surface area contributed by atoms with Gasteiger partial charge in [-0.15, -0.1) is 0 Å². The van der Waals surface area contributed by atoms with Gasteiger partial charge in [-0.05, 0) is 12.8 Å². The van der Waals surface area contributed by atoms with Gasteiger partial charge in [-0.3, -0.25) is 9.59 Å². The van der Waals surface area contributed by atoms with Crippen molar-refractivity contribution in [3.63, 3.8) is 0 Å². The second kappa shape index (κ2) is 5.72. The Kier molecular flexibility index (Phi) is 4.02. The lowest BCUT2D eigenvalue weighted by Crippen LogP contribution is -2.45. The Labute approximate surface area is 115 Å². The van der Waals surface area contributed by atoms with Crippen molar-refractivity contribution in [2.75, 3.05) is 20.1 Å². The highest BCUT2D eigenvalue weighted by Crippen LogP contribution is 2.19. The fourth-order valence-electron chi connectivity index (χ4n) is 2.35. The number of carbonyl (C=O) groups excluding carboxylic acids is 2. The van der Waals surface area contributed by atoms with E-state index in [0.29, 0.717) is 13.0 Å². The Bertz CT molecular complexity index is 539. The number of carboxylic acids is 1. The molecule has 2 rings (SSSR count). The lowest BCUT2D eigenvalue weighted by Gasteiger charge is -2.31. The largest absolute Gasteiger partial charge is 0.477 e. The number of imidazole rings is 1. The molecule has 0 bridgehead atoms. The molecule has 1 fully saturated rings. The van der Waals surface area contributed by atoms with Gasteiger partial charge in [0.25, 0.3) is 5.91 Å². The summed E-state index contributed by atoms with van der Waals surface area (Å²) in [6.45, 7) is 0.780. The van der Waals surface area contributed by atoms with Crippen molar-refractivity contribution >= 4 is 17.8 Å². The maximum Gasteiger partial charge on any atom is 0.354 e. The Morgan fingerprint density at radius 2 is 2.25 bits per heavy atom. The number of rotatable bonds is 3. The maximum atomic E-state index is 12.3. The zero-order valence-corrected chi connectivity index (χ0v) is 11.0. The summed E-state index contributed by atoms with van der Waals surface area (Å²) in [4.78, 5) is 42.6. The van der Waals surface area contributed by atoms with Gasteiger partial charge in [0.15, 0.2) is 11.4 Å². The van der Waals surface area contributed by atoms with Gasteiger partial charge in [0.2, 0.25) is 5.91 Å². The summed E-state index contributed by atoms with van der Waals surface area (Å²) in [6, 6.07) is 0. The van der Waals surface area contributed by atoms with Gasteiger partial charge in [0.05, 0.1) is 12.2 Å². The first-order chi connectivity index (χ1) is 9.54. The molecular formula is C12H16N4O4. The van der Waals surface area contributed by atoms with E-state index in [0.717, 1.165) is 6.42 Å². The fraction of sp³-hybridized carbons (Fsp3) is 0.500. The van der Waals surface area contributed by atoms with Crippen LogP contribution >= 0.6 is 0 Å². The zero-order valence-electron chi connectivity index (χ0n) is 11.0. The van der Waals surface area contributed by atoms with E-state index in [1.165, 1.54) is 11.2 Å². The number of nitrogens with zero attached hydrogens (tertiary/aromatic N) is 2. The van der Waals surface area contributed by atoms with E-state index in [-0.39, 0.29) is 29.8 Å². The SMILES string of the molecule is CNC(=O)C1CCCN(C(=O)c2nc[nH]c2C(=O)O)C1. The lowest BCUT2D eigenvalue weighted by molar-refractivity contribution is -0.125. The van der Waals surface area contributed by atoms with Crippen molar-refractivity contribution in [1.29, 1.82) is 0 Å². The normalized spacial score (nSPS) is 18.6. The van der Waals surface area contributed by atoms with E-state index in [4.69, 9.17) is 5.11 Å². The summed E-state index contributed by atoms with van der Waals surface area (Å²) >= 11 is 0. The van der Waals surface area contributed by atoms with Gasteiger partial charge in [-0.1, -0.05) is 0 Å². The van der Waals surface area contributed by atoms with Crippen LogP contribution in [0.2, 0.25) is 0 Å². The second-order valence-electron chi connectivity index (χ2n) is 4.64. The molecule has 0 saturated carbocycles. The quantitative estimate of drug-likeness (QED) is 0.703. The topological polar surface area (TPSA) is 115 Å². The summed E-state index contributed by atoms with van der Waals surface area (Å²) in [5.41, 5.74) is -0.341. The van der Waals surface area contributed by atoms with Gasteiger partial charge in [-0.25, -0.2) is 9.78 Å². The van der Waals surface area contributed by atoms with Crippen LogP contribution in [0.25, 0.3) is 0 Å². The van der Waals surface area contributed by atoms with Crippen molar-refractivity contribution in [1.82, 2.24) is 20.2 Å². The van der Waals surface area contributed by atoms with Crippen molar-refractivity contribution in [3.8, 4) is 0 Å². The van der Waals surface area contributed by atoms with E-state index in [1.54, 1.807) is 7.05 Å². The molecule has 1 aliphatic rings. The van der Waals surface area contributed by atoms with Crippen molar-refractivity contribution < 1.29 is 19.5 Å². The van der Waals surface area contributed by atoms with Crippen LogP contribution in [0.3, 0.4) is 0 Å². The monoisotopic (exact) mass is 280 g/mol. The third-order valence-electron chi connectivity index (χ3n) is 3.38. The molecule has 20 heavy (non-hydrogen) atoms. The van der Waals surface area contributed by atoms with E-state index < -0.39 is 11.9 Å². The summed E-state index contributed by atoms with van der Waals surface area (Å²) in [7, 11) is 1.55. The molecule has 0 aromatic carbocycles. The van der Waals surface area contributed by atoms with E-state index in [1.807, 2.05) is 0 Å². The first-order valence-corrected chi connectivity index (χ1v) is 6.32. The smallest absolute Gasteiger partial charge is 0.354 e.